The summed E-state index contributed by atoms with van der Waals surface area (Å²) in [6.45, 7) is 1.24. The van der Waals surface area contributed by atoms with Crippen molar-refractivity contribution in [3.05, 3.63) is 28.2 Å². The molecule has 0 aliphatic heterocycles. The van der Waals surface area contributed by atoms with Crippen LogP contribution < -0.4 is 5.32 Å². The SMILES string of the molecule is COCCCNC(=O)c1ccc2sc(Cl)nc2c1. The van der Waals surface area contributed by atoms with E-state index < -0.39 is 0 Å². The number of ether oxygens (including phenoxy) is 1. The van der Waals surface area contributed by atoms with E-state index in [4.69, 9.17) is 16.3 Å². The first kappa shape index (κ1) is 13.3. The van der Waals surface area contributed by atoms with E-state index >= 15 is 0 Å². The van der Waals surface area contributed by atoms with Gasteiger partial charge in [-0.15, -0.1) is 11.3 Å². The molecule has 4 nitrogen and oxygen atoms in total. The summed E-state index contributed by atoms with van der Waals surface area (Å²) in [6.07, 6.45) is 0.799. The second-order valence-corrected chi connectivity index (χ2v) is 5.36. The van der Waals surface area contributed by atoms with E-state index in [9.17, 15) is 4.79 Å². The number of carbonyl (C=O) groups excluding carboxylic acids is 1. The lowest BCUT2D eigenvalue weighted by Gasteiger charge is -2.04. The minimum atomic E-state index is -0.0999. The van der Waals surface area contributed by atoms with Crippen molar-refractivity contribution in [1.29, 1.82) is 0 Å². The third-order valence-corrected chi connectivity index (χ3v) is 3.58. The molecule has 1 amide bonds. The van der Waals surface area contributed by atoms with Crippen LogP contribution in [-0.4, -0.2) is 31.2 Å². The van der Waals surface area contributed by atoms with Crippen molar-refractivity contribution >= 4 is 39.1 Å². The maximum Gasteiger partial charge on any atom is 0.251 e. The van der Waals surface area contributed by atoms with Gasteiger partial charge < -0.3 is 10.1 Å². The molecule has 0 atom stereocenters. The van der Waals surface area contributed by atoms with Gasteiger partial charge in [0.05, 0.1) is 10.2 Å². The number of hydrogen-bond donors (Lipinski definition) is 1. The van der Waals surface area contributed by atoms with E-state index in [1.54, 1.807) is 19.2 Å². The normalized spacial score (nSPS) is 10.8. The van der Waals surface area contributed by atoms with Gasteiger partial charge in [-0.05, 0) is 24.6 Å². The number of nitrogens with one attached hydrogen (secondary N) is 1. The standard InChI is InChI=1S/C12H13ClN2O2S/c1-17-6-2-5-14-11(16)8-3-4-10-9(7-8)15-12(13)18-10/h3-4,7H,2,5-6H2,1H3,(H,14,16). The summed E-state index contributed by atoms with van der Waals surface area (Å²) in [5.41, 5.74) is 1.36. The number of carbonyl (C=O) groups is 1. The smallest absolute Gasteiger partial charge is 0.251 e. The van der Waals surface area contributed by atoms with Crippen molar-refractivity contribution in [2.45, 2.75) is 6.42 Å². The number of amides is 1. The van der Waals surface area contributed by atoms with Crippen molar-refractivity contribution in [3.63, 3.8) is 0 Å². The molecule has 96 valence electrons. The van der Waals surface area contributed by atoms with E-state index in [0.29, 0.717) is 23.2 Å². The van der Waals surface area contributed by atoms with Gasteiger partial charge in [-0.25, -0.2) is 4.98 Å². The molecule has 6 heteroatoms. The molecule has 1 N–H and O–H groups in total. The predicted octanol–water partition coefficient (Wildman–Crippen LogP) is 2.72. The van der Waals surface area contributed by atoms with Crippen LogP contribution in [0.5, 0.6) is 0 Å². The summed E-state index contributed by atoms with van der Waals surface area (Å²) in [5.74, 6) is -0.0999. The summed E-state index contributed by atoms with van der Waals surface area (Å²) in [7, 11) is 1.64. The van der Waals surface area contributed by atoms with Crippen LogP contribution in [0.15, 0.2) is 18.2 Å². The molecule has 0 saturated heterocycles. The molecule has 2 aromatic rings. The molecule has 0 saturated carbocycles. The van der Waals surface area contributed by atoms with Crippen molar-refractivity contribution < 1.29 is 9.53 Å². The largest absolute Gasteiger partial charge is 0.385 e. The lowest BCUT2D eigenvalue weighted by Crippen LogP contribution is -2.25. The summed E-state index contributed by atoms with van der Waals surface area (Å²) in [6, 6.07) is 5.40. The molecular weight excluding hydrogens is 272 g/mol. The predicted molar refractivity (Wildman–Crippen MR) is 73.5 cm³/mol. The van der Waals surface area contributed by atoms with Gasteiger partial charge in [0.2, 0.25) is 0 Å². The maximum atomic E-state index is 11.8. The van der Waals surface area contributed by atoms with Gasteiger partial charge in [0.1, 0.15) is 0 Å². The number of benzene rings is 1. The van der Waals surface area contributed by atoms with Crippen LogP contribution in [-0.2, 0) is 4.74 Å². The summed E-state index contributed by atoms with van der Waals surface area (Å²) >= 11 is 7.23. The van der Waals surface area contributed by atoms with E-state index in [1.165, 1.54) is 11.3 Å². The highest BCUT2D eigenvalue weighted by Crippen LogP contribution is 2.26. The second kappa shape index (κ2) is 6.13. The highest BCUT2D eigenvalue weighted by atomic mass is 35.5. The van der Waals surface area contributed by atoms with Crippen LogP contribution in [0.3, 0.4) is 0 Å². The molecule has 0 fully saturated rings. The zero-order valence-corrected chi connectivity index (χ0v) is 11.5. The third kappa shape index (κ3) is 3.19. The Morgan fingerprint density at radius 3 is 3.17 bits per heavy atom. The molecular formula is C12H13ClN2O2S. The van der Waals surface area contributed by atoms with Gasteiger partial charge in [-0.1, -0.05) is 11.6 Å². The number of hydrogen-bond acceptors (Lipinski definition) is 4. The molecule has 0 aliphatic rings. The minimum Gasteiger partial charge on any atom is -0.385 e. The topological polar surface area (TPSA) is 51.2 Å². The zero-order chi connectivity index (χ0) is 13.0. The van der Waals surface area contributed by atoms with Crippen LogP contribution >= 0.6 is 22.9 Å². The average molecular weight is 285 g/mol. The van der Waals surface area contributed by atoms with Crippen LogP contribution in [0.4, 0.5) is 0 Å². The Hall–Kier alpha value is -1.17. The molecule has 1 aromatic carbocycles. The highest BCUT2D eigenvalue weighted by molar-refractivity contribution is 7.22. The van der Waals surface area contributed by atoms with Gasteiger partial charge in [-0.3, -0.25) is 4.79 Å². The van der Waals surface area contributed by atoms with E-state index in [2.05, 4.69) is 10.3 Å². The first-order valence-corrected chi connectivity index (χ1v) is 6.73. The Morgan fingerprint density at radius 2 is 2.39 bits per heavy atom. The second-order valence-electron chi connectivity index (χ2n) is 3.75. The van der Waals surface area contributed by atoms with Crippen LogP contribution in [0.2, 0.25) is 4.47 Å². The highest BCUT2D eigenvalue weighted by Gasteiger charge is 2.08. The van der Waals surface area contributed by atoms with Crippen molar-refractivity contribution in [2.24, 2.45) is 0 Å². The Labute approximate surface area is 114 Å². The van der Waals surface area contributed by atoms with Crippen LogP contribution in [0.25, 0.3) is 10.2 Å². The lowest BCUT2D eigenvalue weighted by atomic mass is 10.2. The first-order valence-electron chi connectivity index (χ1n) is 5.54. The number of halogens is 1. The molecule has 1 heterocycles. The first-order chi connectivity index (χ1) is 8.70. The van der Waals surface area contributed by atoms with Crippen molar-refractivity contribution in [2.75, 3.05) is 20.3 Å². The quantitative estimate of drug-likeness (QED) is 0.859. The van der Waals surface area contributed by atoms with Crippen LogP contribution in [0.1, 0.15) is 16.8 Å². The number of fused-ring (bicyclic) bond motifs is 1. The Balaban J connectivity index is 2.03. The fourth-order valence-corrected chi connectivity index (χ4v) is 2.57. The molecule has 2 rings (SSSR count). The monoisotopic (exact) mass is 284 g/mol. The Morgan fingerprint density at radius 1 is 1.56 bits per heavy atom. The molecule has 0 aliphatic carbocycles. The van der Waals surface area contributed by atoms with Crippen molar-refractivity contribution in [1.82, 2.24) is 10.3 Å². The number of aromatic nitrogens is 1. The molecule has 0 spiro atoms. The number of methoxy groups -OCH3 is 1. The molecule has 0 bridgehead atoms. The van der Waals surface area contributed by atoms with Gasteiger partial charge in [0.25, 0.3) is 5.91 Å². The summed E-state index contributed by atoms with van der Waals surface area (Å²) in [4.78, 5) is 16.0. The molecule has 0 unspecified atom stereocenters. The van der Waals surface area contributed by atoms with E-state index in [-0.39, 0.29) is 5.91 Å². The summed E-state index contributed by atoms with van der Waals surface area (Å²) < 4.78 is 6.39. The van der Waals surface area contributed by atoms with Gasteiger partial charge in [0.15, 0.2) is 4.47 Å². The lowest BCUT2D eigenvalue weighted by molar-refractivity contribution is 0.0948. The van der Waals surface area contributed by atoms with Gasteiger partial charge >= 0.3 is 0 Å². The van der Waals surface area contributed by atoms with Gasteiger partial charge in [-0.2, -0.15) is 0 Å². The molecule has 18 heavy (non-hydrogen) atoms. The zero-order valence-electron chi connectivity index (χ0n) is 9.90. The maximum absolute atomic E-state index is 11.8. The molecule has 0 radical (unpaired) electrons. The van der Waals surface area contributed by atoms with Crippen LogP contribution in [0, 0.1) is 0 Å². The summed E-state index contributed by atoms with van der Waals surface area (Å²) in [5, 5.41) is 2.83. The number of thiazole rings is 1. The minimum absolute atomic E-state index is 0.0999. The molecule has 1 aromatic heterocycles. The van der Waals surface area contributed by atoms with E-state index in [0.717, 1.165) is 16.6 Å². The third-order valence-electron chi connectivity index (χ3n) is 2.43. The number of rotatable bonds is 5. The average Bonchev–Trinajstić information content (AvgIpc) is 2.73. The van der Waals surface area contributed by atoms with Crippen molar-refractivity contribution in [3.8, 4) is 0 Å². The fraction of sp³-hybridized carbons (Fsp3) is 0.333. The van der Waals surface area contributed by atoms with E-state index in [1.807, 2.05) is 6.07 Å². The number of nitrogens with zero attached hydrogens (tertiary/aromatic N) is 1. The Bertz CT molecular complexity index is 556. The fourth-order valence-electron chi connectivity index (χ4n) is 1.56. The Kier molecular flexibility index (Phi) is 4.52. The van der Waals surface area contributed by atoms with Gasteiger partial charge in [0, 0.05) is 25.8 Å².